The van der Waals surface area contributed by atoms with Crippen molar-refractivity contribution in [3.8, 4) is 11.8 Å². The van der Waals surface area contributed by atoms with Crippen molar-refractivity contribution < 1.29 is 4.79 Å². The molecule has 0 atom stereocenters. The summed E-state index contributed by atoms with van der Waals surface area (Å²) in [5.41, 5.74) is 9.08. The predicted octanol–water partition coefficient (Wildman–Crippen LogP) is 2.26. The lowest BCUT2D eigenvalue weighted by atomic mass is 10.1. The van der Waals surface area contributed by atoms with Gasteiger partial charge in [-0.25, -0.2) is 4.98 Å². The summed E-state index contributed by atoms with van der Waals surface area (Å²) in [6.45, 7) is 4.09. The molecule has 0 bridgehead atoms. The summed E-state index contributed by atoms with van der Waals surface area (Å²) in [5, 5.41) is 2.87. The van der Waals surface area contributed by atoms with E-state index in [1.807, 2.05) is 44.2 Å². The molecule has 4 heteroatoms. The van der Waals surface area contributed by atoms with Crippen molar-refractivity contribution in [2.75, 3.05) is 11.9 Å². The lowest BCUT2D eigenvalue weighted by molar-refractivity contribution is 0.102. The third-order valence-corrected chi connectivity index (χ3v) is 2.94. The molecule has 21 heavy (non-hydrogen) atoms. The molecular weight excluding hydrogens is 262 g/mol. The topological polar surface area (TPSA) is 68.0 Å². The fourth-order valence-electron chi connectivity index (χ4n) is 1.84. The molecule has 2 aromatic rings. The Labute approximate surface area is 124 Å². The Bertz CT molecular complexity index is 726. The smallest absolute Gasteiger partial charge is 0.274 e. The summed E-state index contributed by atoms with van der Waals surface area (Å²) in [5.74, 6) is 5.52. The van der Waals surface area contributed by atoms with Gasteiger partial charge in [0.2, 0.25) is 0 Å². The molecule has 0 spiro atoms. The van der Waals surface area contributed by atoms with Gasteiger partial charge in [0.1, 0.15) is 5.69 Å². The van der Waals surface area contributed by atoms with E-state index < -0.39 is 0 Å². The van der Waals surface area contributed by atoms with Crippen LogP contribution in [0.4, 0.5) is 5.69 Å². The molecule has 106 valence electrons. The second-order valence-electron chi connectivity index (χ2n) is 4.65. The van der Waals surface area contributed by atoms with E-state index in [4.69, 9.17) is 5.73 Å². The first-order chi connectivity index (χ1) is 10.1. The van der Waals surface area contributed by atoms with Gasteiger partial charge in [-0.1, -0.05) is 24.0 Å². The number of hydrogen-bond acceptors (Lipinski definition) is 3. The number of anilines is 1. The van der Waals surface area contributed by atoms with Gasteiger partial charge in [-0.2, -0.15) is 0 Å². The Morgan fingerprint density at radius 2 is 2.10 bits per heavy atom. The van der Waals surface area contributed by atoms with Crippen molar-refractivity contribution in [1.29, 1.82) is 0 Å². The first-order valence-electron chi connectivity index (χ1n) is 6.65. The summed E-state index contributed by atoms with van der Waals surface area (Å²) >= 11 is 0. The summed E-state index contributed by atoms with van der Waals surface area (Å²) < 4.78 is 0. The van der Waals surface area contributed by atoms with Crippen LogP contribution in [0.15, 0.2) is 36.4 Å². The number of aromatic nitrogens is 1. The highest BCUT2D eigenvalue weighted by Crippen LogP contribution is 2.17. The summed E-state index contributed by atoms with van der Waals surface area (Å²) in [7, 11) is 0. The molecule has 2 rings (SSSR count). The van der Waals surface area contributed by atoms with Gasteiger partial charge < -0.3 is 11.1 Å². The maximum Gasteiger partial charge on any atom is 0.274 e. The largest absolute Gasteiger partial charge is 0.320 e. The fourth-order valence-corrected chi connectivity index (χ4v) is 1.84. The van der Waals surface area contributed by atoms with Crippen LogP contribution in [0, 0.1) is 25.7 Å². The minimum absolute atomic E-state index is 0.231. The molecule has 1 heterocycles. The molecule has 0 aliphatic rings. The van der Waals surface area contributed by atoms with Crippen LogP contribution in [0.1, 0.15) is 27.3 Å². The molecule has 1 aromatic heterocycles. The molecule has 0 saturated heterocycles. The molecule has 3 N–H and O–H groups in total. The number of hydrogen-bond donors (Lipinski definition) is 2. The van der Waals surface area contributed by atoms with E-state index in [9.17, 15) is 4.79 Å². The lowest BCUT2D eigenvalue weighted by Gasteiger charge is -2.09. The van der Waals surface area contributed by atoms with Crippen molar-refractivity contribution in [3.05, 3.63) is 58.9 Å². The number of carbonyl (C=O) groups is 1. The number of pyridine rings is 1. The van der Waals surface area contributed by atoms with E-state index in [0.29, 0.717) is 12.2 Å². The van der Waals surface area contributed by atoms with E-state index >= 15 is 0 Å². The highest BCUT2D eigenvalue weighted by molar-refractivity contribution is 6.03. The molecule has 0 aliphatic carbocycles. The maximum atomic E-state index is 12.2. The Kier molecular flexibility index (Phi) is 4.70. The van der Waals surface area contributed by atoms with Crippen LogP contribution in [0.2, 0.25) is 0 Å². The van der Waals surface area contributed by atoms with Crippen molar-refractivity contribution >= 4 is 11.6 Å². The number of nitrogens with two attached hydrogens (primary N) is 1. The van der Waals surface area contributed by atoms with Crippen LogP contribution < -0.4 is 11.1 Å². The molecule has 0 aliphatic heterocycles. The molecule has 0 fully saturated rings. The van der Waals surface area contributed by atoms with E-state index in [1.165, 1.54) is 0 Å². The fraction of sp³-hybridized carbons (Fsp3) is 0.176. The Morgan fingerprint density at radius 1 is 1.29 bits per heavy atom. The third-order valence-electron chi connectivity index (χ3n) is 2.94. The monoisotopic (exact) mass is 279 g/mol. The number of aryl methyl sites for hydroxylation is 2. The number of rotatable bonds is 2. The van der Waals surface area contributed by atoms with Crippen molar-refractivity contribution in [2.45, 2.75) is 13.8 Å². The maximum absolute atomic E-state index is 12.2. The zero-order valence-corrected chi connectivity index (χ0v) is 12.1. The van der Waals surface area contributed by atoms with Gasteiger partial charge in [0.15, 0.2) is 0 Å². The molecule has 0 unspecified atom stereocenters. The number of nitrogens with one attached hydrogen (secondary N) is 1. The number of carbonyl (C=O) groups excluding carboxylic acids is 1. The van der Waals surface area contributed by atoms with Crippen molar-refractivity contribution in [1.82, 2.24) is 4.98 Å². The van der Waals surface area contributed by atoms with Gasteiger partial charge in [0.05, 0.1) is 6.54 Å². The Hall–Kier alpha value is -2.64. The first kappa shape index (κ1) is 14.8. The first-order valence-corrected chi connectivity index (χ1v) is 6.65. The molecule has 4 nitrogen and oxygen atoms in total. The number of nitrogens with zero attached hydrogens (tertiary/aromatic N) is 1. The molecule has 1 amide bonds. The van der Waals surface area contributed by atoms with Crippen LogP contribution in [-0.4, -0.2) is 17.4 Å². The van der Waals surface area contributed by atoms with Gasteiger partial charge in [-0.05, 0) is 43.7 Å². The van der Waals surface area contributed by atoms with Crippen molar-refractivity contribution in [3.63, 3.8) is 0 Å². The quantitative estimate of drug-likeness (QED) is 0.829. The average Bonchev–Trinajstić information content (AvgIpc) is 2.48. The Morgan fingerprint density at radius 3 is 2.81 bits per heavy atom. The molecule has 0 radical (unpaired) electrons. The zero-order valence-electron chi connectivity index (χ0n) is 12.1. The standard InChI is InChI=1S/C17H17N3O/c1-12-8-9-14(6-4-10-18)11-16(12)20-17(21)15-7-3-5-13(2)19-15/h3,5,7-9,11H,10,18H2,1-2H3,(H,20,21). The molecule has 1 aromatic carbocycles. The van der Waals surface area contributed by atoms with Crippen molar-refractivity contribution in [2.24, 2.45) is 5.73 Å². The third kappa shape index (κ3) is 3.91. The van der Waals surface area contributed by atoms with Crippen LogP contribution in [0.3, 0.4) is 0 Å². The van der Waals surface area contributed by atoms with Gasteiger partial charge in [-0.15, -0.1) is 0 Å². The number of benzene rings is 1. The van der Waals surface area contributed by atoms with E-state index in [0.717, 1.165) is 22.5 Å². The van der Waals surface area contributed by atoms with Gasteiger partial charge in [-0.3, -0.25) is 4.79 Å². The summed E-state index contributed by atoms with van der Waals surface area (Å²) in [4.78, 5) is 16.4. The van der Waals surface area contributed by atoms with Crippen LogP contribution in [0.25, 0.3) is 0 Å². The van der Waals surface area contributed by atoms with Gasteiger partial charge in [0.25, 0.3) is 5.91 Å². The van der Waals surface area contributed by atoms with Crippen LogP contribution in [0.5, 0.6) is 0 Å². The van der Waals surface area contributed by atoms with Gasteiger partial charge in [0, 0.05) is 16.9 Å². The summed E-state index contributed by atoms with van der Waals surface area (Å²) in [6, 6.07) is 11.0. The SMILES string of the molecule is Cc1cccc(C(=O)Nc2cc(C#CCN)ccc2C)n1. The molecular formula is C17H17N3O. The normalized spacial score (nSPS) is 9.67. The van der Waals surface area contributed by atoms with E-state index in [1.54, 1.807) is 6.07 Å². The highest BCUT2D eigenvalue weighted by Gasteiger charge is 2.09. The van der Waals surface area contributed by atoms with E-state index in [-0.39, 0.29) is 5.91 Å². The van der Waals surface area contributed by atoms with E-state index in [2.05, 4.69) is 22.1 Å². The minimum atomic E-state index is -0.231. The average molecular weight is 279 g/mol. The number of amides is 1. The second-order valence-corrected chi connectivity index (χ2v) is 4.65. The van der Waals surface area contributed by atoms with Gasteiger partial charge >= 0.3 is 0 Å². The van der Waals surface area contributed by atoms with Crippen LogP contribution >= 0.6 is 0 Å². The molecule has 0 saturated carbocycles. The second kappa shape index (κ2) is 6.69. The Balaban J connectivity index is 2.24. The highest BCUT2D eigenvalue weighted by atomic mass is 16.1. The van der Waals surface area contributed by atoms with Crippen LogP contribution in [-0.2, 0) is 0 Å². The zero-order chi connectivity index (χ0) is 15.2. The minimum Gasteiger partial charge on any atom is -0.320 e. The predicted molar refractivity (Wildman–Crippen MR) is 84.0 cm³/mol. The summed E-state index contributed by atoms with van der Waals surface area (Å²) in [6.07, 6.45) is 0. The lowest BCUT2D eigenvalue weighted by Crippen LogP contribution is -2.14.